The second-order valence-corrected chi connectivity index (χ2v) is 15.8. The number of thiazole rings is 1. The zero-order valence-corrected chi connectivity index (χ0v) is 31.4. The van der Waals surface area contributed by atoms with Gasteiger partial charge in [0.2, 0.25) is 11.8 Å². The van der Waals surface area contributed by atoms with Crippen molar-refractivity contribution in [2.75, 3.05) is 6.54 Å². The maximum Gasteiger partial charge on any atom is 0.338 e. The number of ether oxygens (including phenoxy) is 1. The molecule has 2 amide bonds. The van der Waals surface area contributed by atoms with Crippen molar-refractivity contribution in [2.45, 2.75) is 70.9 Å². The van der Waals surface area contributed by atoms with Crippen molar-refractivity contribution < 1.29 is 24.2 Å². The molecule has 0 bridgehead atoms. The van der Waals surface area contributed by atoms with Gasteiger partial charge in [-0.25, -0.2) is 9.78 Å². The molecule has 256 valence electrons. The molecular weight excluding hydrogens is 651 g/mol. The summed E-state index contributed by atoms with van der Waals surface area (Å²) in [5, 5.41) is 14.4. The minimum absolute atomic E-state index is 0.0420. The number of carbonyl (C=O) groups is 3. The number of benzene rings is 3. The molecule has 1 saturated heterocycles. The van der Waals surface area contributed by atoms with Gasteiger partial charge in [0.1, 0.15) is 6.61 Å². The minimum Gasteiger partial charge on any atom is -0.457 e. The number of aromatic nitrogens is 1. The number of esters is 1. The molecule has 5 atom stereocenters. The van der Waals surface area contributed by atoms with E-state index in [0.717, 1.165) is 45.7 Å². The van der Waals surface area contributed by atoms with Gasteiger partial charge in [-0.1, -0.05) is 80.6 Å². The smallest absolute Gasteiger partial charge is 0.338 e. The summed E-state index contributed by atoms with van der Waals surface area (Å²) in [7, 11) is 0.563. The Bertz CT molecular complexity index is 1810. The maximum absolute atomic E-state index is 14.3. The van der Waals surface area contributed by atoms with Gasteiger partial charge in [0.25, 0.3) is 0 Å². The predicted molar refractivity (Wildman–Crippen MR) is 195 cm³/mol. The lowest BCUT2D eigenvalue weighted by Crippen LogP contribution is -2.48. The van der Waals surface area contributed by atoms with Crippen LogP contribution in [0, 0.1) is 24.7 Å². The standard InChI is InChI=1S/C39H45N3O5SSi/c1-23(2)33(31-18-26-12-7-8-13-29(26)34(31)43)38(45)42-17-9-14-32(42)36(49)37(44)40-20-28-16-15-27(35-24(3)41-22-48-35)19-30(28)39(46)47-21-25-10-5-4-6-11-25/h4-8,10-13,15-16,19,22-23,31-34,36,43H,9,14,17-18,20-21H2,1-3,49H3,(H,40,44)/t31?,32?,33-,34?,36-/m0/s1. The van der Waals surface area contributed by atoms with Crippen LogP contribution in [0.25, 0.3) is 10.4 Å². The van der Waals surface area contributed by atoms with E-state index in [1.165, 1.54) is 11.3 Å². The van der Waals surface area contributed by atoms with Crippen LogP contribution in [0.1, 0.15) is 71.1 Å². The fraction of sp³-hybridized carbons (Fsp3) is 0.385. The molecule has 1 aliphatic heterocycles. The monoisotopic (exact) mass is 695 g/mol. The molecule has 10 heteroatoms. The predicted octanol–water partition coefficient (Wildman–Crippen LogP) is 5.41. The second kappa shape index (κ2) is 15.2. The number of aryl methyl sites for hydroxylation is 1. The van der Waals surface area contributed by atoms with Gasteiger partial charge < -0.3 is 20.1 Å². The topological polar surface area (TPSA) is 109 Å². The molecule has 3 aromatic carbocycles. The third kappa shape index (κ3) is 7.41. The van der Waals surface area contributed by atoms with Crippen LogP contribution in [-0.2, 0) is 33.9 Å². The van der Waals surface area contributed by atoms with Crippen molar-refractivity contribution in [3.05, 3.63) is 112 Å². The fourth-order valence-corrected chi connectivity index (χ4v) is 9.33. The number of carbonyl (C=O) groups excluding carboxylic acids is 3. The summed E-state index contributed by atoms with van der Waals surface area (Å²) in [4.78, 5) is 48.8. The van der Waals surface area contributed by atoms with Gasteiger partial charge in [0.15, 0.2) is 0 Å². The number of nitrogens with one attached hydrogen (secondary N) is 1. The summed E-state index contributed by atoms with van der Waals surface area (Å²) < 4.78 is 5.73. The van der Waals surface area contributed by atoms with Crippen molar-refractivity contribution in [1.82, 2.24) is 15.2 Å². The molecule has 49 heavy (non-hydrogen) atoms. The van der Waals surface area contributed by atoms with Crippen molar-refractivity contribution in [3.8, 4) is 10.4 Å². The van der Waals surface area contributed by atoms with Crippen LogP contribution in [0.4, 0.5) is 0 Å². The molecule has 1 fully saturated rings. The van der Waals surface area contributed by atoms with Crippen molar-refractivity contribution in [2.24, 2.45) is 17.8 Å². The zero-order chi connectivity index (χ0) is 34.7. The SMILES string of the molecule is Cc1ncsc1-c1ccc(CNC(=O)[C@@H]([SiH3])C2CCCN2C(=O)[C@@H](C(C)C)C2Cc3ccccc3C2O)c(C(=O)OCc2ccccc2)c1. The Morgan fingerprint density at radius 3 is 2.55 bits per heavy atom. The molecule has 1 aliphatic carbocycles. The summed E-state index contributed by atoms with van der Waals surface area (Å²) in [5.41, 5.74) is 7.21. The molecule has 0 spiro atoms. The third-order valence-electron chi connectivity index (χ3n) is 10.3. The van der Waals surface area contributed by atoms with E-state index in [9.17, 15) is 19.5 Å². The quantitative estimate of drug-likeness (QED) is 0.161. The Morgan fingerprint density at radius 1 is 1.08 bits per heavy atom. The molecule has 3 unspecified atom stereocenters. The molecule has 6 rings (SSSR count). The largest absolute Gasteiger partial charge is 0.457 e. The number of aliphatic hydroxyl groups excluding tert-OH is 1. The average Bonchev–Trinajstić information content (AvgIpc) is 3.85. The van der Waals surface area contributed by atoms with E-state index in [2.05, 4.69) is 24.1 Å². The molecular formula is C39H45N3O5SSi. The van der Waals surface area contributed by atoms with Gasteiger partial charge in [0.05, 0.1) is 27.7 Å². The summed E-state index contributed by atoms with van der Waals surface area (Å²) in [5.74, 6) is -1.02. The molecule has 2 aliphatic rings. The first-order valence-corrected chi connectivity index (χ1v) is 19.3. The molecule has 8 nitrogen and oxygen atoms in total. The van der Waals surface area contributed by atoms with E-state index in [1.54, 1.807) is 5.51 Å². The van der Waals surface area contributed by atoms with E-state index in [1.807, 2.05) is 84.6 Å². The summed E-state index contributed by atoms with van der Waals surface area (Å²) in [6.45, 7) is 6.97. The number of rotatable bonds is 11. The highest BCUT2D eigenvalue weighted by molar-refractivity contribution is 7.13. The van der Waals surface area contributed by atoms with Gasteiger partial charge >= 0.3 is 5.97 Å². The molecule has 2 N–H and O–H groups in total. The van der Waals surface area contributed by atoms with Crippen LogP contribution in [-0.4, -0.2) is 55.6 Å². The molecule has 0 radical (unpaired) electrons. The average molecular weight is 696 g/mol. The Hall–Kier alpha value is -4.12. The molecule has 1 aromatic heterocycles. The van der Waals surface area contributed by atoms with E-state index >= 15 is 0 Å². The minimum atomic E-state index is -0.677. The lowest BCUT2D eigenvalue weighted by atomic mass is 9.79. The second-order valence-electron chi connectivity index (χ2n) is 13.7. The molecule has 2 heterocycles. The Kier molecular flexibility index (Phi) is 10.8. The summed E-state index contributed by atoms with van der Waals surface area (Å²) in [6, 6.07) is 22.9. The Balaban J connectivity index is 1.16. The highest BCUT2D eigenvalue weighted by atomic mass is 32.1. The zero-order valence-electron chi connectivity index (χ0n) is 28.6. The van der Waals surface area contributed by atoms with Crippen LogP contribution in [0.3, 0.4) is 0 Å². The van der Waals surface area contributed by atoms with Crippen LogP contribution in [0.5, 0.6) is 0 Å². The Labute approximate surface area is 295 Å². The lowest BCUT2D eigenvalue weighted by molar-refractivity contribution is -0.142. The molecule has 4 aromatic rings. The summed E-state index contributed by atoms with van der Waals surface area (Å²) >= 11 is 1.51. The first-order chi connectivity index (χ1) is 23.6. The number of nitrogens with zero attached hydrogens (tertiary/aromatic N) is 2. The van der Waals surface area contributed by atoms with Crippen LogP contribution < -0.4 is 5.32 Å². The van der Waals surface area contributed by atoms with Gasteiger partial charge in [0, 0.05) is 46.8 Å². The van der Waals surface area contributed by atoms with Crippen molar-refractivity contribution in [1.29, 1.82) is 0 Å². The maximum atomic E-state index is 14.3. The van der Waals surface area contributed by atoms with Crippen molar-refractivity contribution >= 4 is 39.4 Å². The first kappa shape index (κ1) is 34.7. The highest BCUT2D eigenvalue weighted by Crippen LogP contribution is 2.44. The van der Waals surface area contributed by atoms with E-state index < -0.39 is 12.1 Å². The normalized spacial score (nSPS) is 19.9. The van der Waals surface area contributed by atoms with Crippen LogP contribution in [0.15, 0.2) is 78.3 Å². The number of aliphatic hydroxyl groups is 1. The van der Waals surface area contributed by atoms with Crippen LogP contribution in [0.2, 0.25) is 5.54 Å². The van der Waals surface area contributed by atoms with E-state index in [-0.39, 0.29) is 54.3 Å². The molecule has 0 saturated carbocycles. The lowest BCUT2D eigenvalue weighted by Gasteiger charge is -2.36. The van der Waals surface area contributed by atoms with Gasteiger partial charge in [-0.05, 0) is 66.0 Å². The fourth-order valence-electron chi connectivity index (χ4n) is 7.63. The number of hydrogen-bond donors (Lipinski definition) is 2. The van der Waals surface area contributed by atoms with Gasteiger partial charge in [-0.3, -0.25) is 9.59 Å². The third-order valence-corrected chi connectivity index (χ3v) is 12.5. The summed E-state index contributed by atoms with van der Waals surface area (Å²) in [6.07, 6.45) is 1.61. The van der Waals surface area contributed by atoms with Gasteiger partial charge in [-0.2, -0.15) is 0 Å². The number of likely N-dealkylation sites (tertiary alicyclic amines) is 1. The van der Waals surface area contributed by atoms with Crippen LogP contribution >= 0.6 is 11.3 Å². The Morgan fingerprint density at radius 2 is 1.84 bits per heavy atom. The van der Waals surface area contributed by atoms with E-state index in [4.69, 9.17) is 4.74 Å². The highest BCUT2D eigenvalue weighted by Gasteiger charge is 2.45. The number of fused-ring (bicyclic) bond motifs is 1. The number of amides is 2. The van der Waals surface area contributed by atoms with Gasteiger partial charge in [-0.15, -0.1) is 11.3 Å². The first-order valence-electron chi connectivity index (χ1n) is 17.2. The van der Waals surface area contributed by atoms with Crippen molar-refractivity contribution in [3.63, 3.8) is 0 Å². The number of hydrogen-bond acceptors (Lipinski definition) is 7. The van der Waals surface area contributed by atoms with E-state index in [0.29, 0.717) is 34.3 Å².